The minimum absolute atomic E-state index is 0.541. The lowest BCUT2D eigenvalue weighted by Crippen LogP contribution is -2.21. The fraction of sp³-hybridized carbons (Fsp3) is 0.769. The highest BCUT2D eigenvalue weighted by molar-refractivity contribution is 5.29. The van der Waals surface area contributed by atoms with Gasteiger partial charge in [0.15, 0.2) is 0 Å². The maximum absolute atomic E-state index is 5.41. The maximum Gasteiger partial charge on any atom is 0.203 e. The van der Waals surface area contributed by atoms with Gasteiger partial charge in [-0.2, -0.15) is 0 Å². The second-order valence-corrected chi connectivity index (χ2v) is 5.23. The predicted octanol–water partition coefficient (Wildman–Crippen LogP) is 2.61. The molecular weight excluding hydrogens is 214 g/mol. The van der Waals surface area contributed by atoms with Gasteiger partial charge in [-0.15, -0.1) is 0 Å². The Labute approximate surface area is 103 Å². The molecule has 17 heavy (non-hydrogen) atoms. The van der Waals surface area contributed by atoms with Crippen LogP contribution in [0, 0.1) is 12.8 Å². The van der Waals surface area contributed by atoms with Gasteiger partial charge in [-0.05, 0) is 25.7 Å². The molecule has 1 aromatic heterocycles. The number of anilines is 1. The molecule has 1 saturated heterocycles. The number of nitrogens with one attached hydrogen (secondary N) is 1. The van der Waals surface area contributed by atoms with Crippen molar-refractivity contribution in [2.45, 2.75) is 39.7 Å². The van der Waals surface area contributed by atoms with E-state index in [2.05, 4.69) is 41.8 Å². The zero-order valence-corrected chi connectivity index (χ0v) is 11.1. The Hall–Kier alpha value is -1.03. The first-order valence-electron chi connectivity index (χ1n) is 6.54. The molecule has 1 N–H and O–H groups in total. The average molecular weight is 237 g/mol. The normalized spacial score (nSPS) is 17.6. The number of hydrogen-bond acceptors (Lipinski definition) is 3. The van der Waals surface area contributed by atoms with Crippen molar-refractivity contribution < 1.29 is 4.74 Å². The second kappa shape index (κ2) is 5.54. The van der Waals surface area contributed by atoms with Crippen molar-refractivity contribution in [3.8, 4) is 0 Å². The monoisotopic (exact) mass is 237 g/mol. The van der Waals surface area contributed by atoms with Gasteiger partial charge in [0.1, 0.15) is 0 Å². The molecule has 0 radical (unpaired) electrons. The topological polar surface area (TPSA) is 39.1 Å². The van der Waals surface area contributed by atoms with E-state index < -0.39 is 0 Å². The highest BCUT2D eigenvalue weighted by Crippen LogP contribution is 2.25. The molecule has 0 saturated carbocycles. The summed E-state index contributed by atoms with van der Waals surface area (Å²) in [4.78, 5) is 4.57. The highest BCUT2D eigenvalue weighted by atomic mass is 16.5. The van der Waals surface area contributed by atoms with Gasteiger partial charge >= 0.3 is 0 Å². The molecule has 0 spiro atoms. The van der Waals surface area contributed by atoms with Crippen LogP contribution in [-0.2, 0) is 4.74 Å². The van der Waals surface area contributed by atoms with Gasteiger partial charge in [-0.3, -0.25) is 0 Å². The van der Waals surface area contributed by atoms with Crippen LogP contribution >= 0.6 is 0 Å². The maximum atomic E-state index is 5.41. The SMILES string of the molecule is Cc1cn(C2CCOCC2)c(NCC(C)C)n1. The molecule has 0 aromatic carbocycles. The van der Waals surface area contributed by atoms with Crippen LogP contribution in [0.25, 0.3) is 0 Å². The lowest BCUT2D eigenvalue weighted by Gasteiger charge is -2.25. The third kappa shape index (κ3) is 3.22. The third-order valence-electron chi connectivity index (χ3n) is 3.11. The molecule has 1 fully saturated rings. The largest absolute Gasteiger partial charge is 0.381 e. The van der Waals surface area contributed by atoms with Crippen molar-refractivity contribution in [1.29, 1.82) is 0 Å². The standard InChI is InChI=1S/C13H23N3O/c1-10(2)8-14-13-15-11(3)9-16(13)12-4-6-17-7-5-12/h9-10,12H,4-8H2,1-3H3,(H,14,15). The van der Waals surface area contributed by atoms with Crippen molar-refractivity contribution in [2.75, 3.05) is 25.1 Å². The number of imidazole rings is 1. The smallest absolute Gasteiger partial charge is 0.203 e. The first kappa shape index (κ1) is 12.4. The minimum atomic E-state index is 0.541. The number of ether oxygens (including phenoxy) is 1. The summed E-state index contributed by atoms with van der Waals surface area (Å²) in [5, 5.41) is 3.44. The summed E-state index contributed by atoms with van der Waals surface area (Å²) in [6.07, 6.45) is 4.33. The van der Waals surface area contributed by atoms with Crippen molar-refractivity contribution >= 4 is 5.95 Å². The van der Waals surface area contributed by atoms with Gasteiger partial charge in [-0.1, -0.05) is 13.8 Å². The molecule has 1 aliphatic rings. The van der Waals surface area contributed by atoms with Gasteiger partial charge in [0.25, 0.3) is 0 Å². The molecule has 0 amide bonds. The van der Waals surface area contributed by atoms with Crippen molar-refractivity contribution in [3.05, 3.63) is 11.9 Å². The molecule has 0 aliphatic carbocycles. The number of rotatable bonds is 4. The quantitative estimate of drug-likeness (QED) is 0.875. The molecule has 2 rings (SSSR count). The molecule has 2 heterocycles. The van der Waals surface area contributed by atoms with Crippen LogP contribution in [0.2, 0.25) is 0 Å². The fourth-order valence-corrected chi connectivity index (χ4v) is 2.18. The fourth-order valence-electron chi connectivity index (χ4n) is 2.18. The summed E-state index contributed by atoms with van der Waals surface area (Å²) in [7, 11) is 0. The molecule has 1 aliphatic heterocycles. The van der Waals surface area contributed by atoms with Crippen LogP contribution < -0.4 is 5.32 Å². The zero-order chi connectivity index (χ0) is 12.3. The Morgan fingerprint density at radius 3 is 2.82 bits per heavy atom. The Balaban J connectivity index is 2.08. The van der Waals surface area contributed by atoms with E-state index in [1.54, 1.807) is 0 Å². The number of hydrogen-bond donors (Lipinski definition) is 1. The van der Waals surface area contributed by atoms with E-state index in [0.29, 0.717) is 12.0 Å². The first-order valence-corrected chi connectivity index (χ1v) is 6.54. The van der Waals surface area contributed by atoms with Crippen LogP contribution in [0.4, 0.5) is 5.95 Å². The first-order chi connectivity index (χ1) is 8.16. The second-order valence-electron chi connectivity index (χ2n) is 5.23. The van der Waals surface area contributed by atoms with Gasteiger partial charge in [-0.25, -0.2) is 4.98 Å². The molecule has 0 atom stereocenters. The van der Waals surface area contributed by atoms with Crippen LogP contribution in [0.5, 0.6) is 0 Å². The van der Waals surface area contributed by atoms with E-state index in [4.69, 9.17) is 4.74 Å². The molecule has 4 nitrogen and oxygen atoms in total. The molecular formula is C13H23N3O. The lowest BCUT2D eigenvalue weighted by atomic mass is 10.1. The predicted molar refractivity (Wildman–Crippen MR) is 69.4 cm³/mol. The Morgan fingerprint density at radius 1 is 1.47 bits per heavy atom. The third-order valence-corrected chi connectivity index (χ3v) is 3.11. The van der Waals surface area contributed by atoms with Gasteiger partial charge in [0, 0.05) is 32.0 Å². The zero-order valence-electron chi connectivity index (χ0n) is 11.1. The number of nitrogens with zero attached hydrogens (tertiary/aromatic N) is 2. The summed E-state index contributed by atoms with van der Waals surface area (Å²) in [5.41, 5.74) is 1.09. The summed E-state index contributed by atoms with van der Waals surface area (Å²) < 4.78 is 7.70. The summed E-state index contributed by atoms with van der Waals surface area (Å²) in [5.74, 6) is 1.65. The van der Waals surface area contributed by atoms with Crippen LogP contribution in [0.1, 0.15) is 38.4 Å². The lowest BCUT2D eigenvalue weighted by molar-refractivity contribution is 0.0700. The van der Waals surface area contributed by atoms with Gasteiger partial charge < -0.3 is 14.6 Å². The van der Waals surface area contributed by atoms with E-state index in [-0.39, 0.29) is 0 Å². The number of aromatic nitrogens is 2. The van der Waals surface area contributed by atoms with E-state index >= 15 is 0 Å². The average Bonchev–Trinajstić information content (AvgIpc) is 2.69. The van der Waals surface area contributed by atoms with E-state index in [1.807, 2.05) is 0 Å². The molecule has 0 unspecified atom stereocenters. The van der Waals surface area contributed by atoms with Crippen molar-refractivity contribution in [1.82, 2.24) is 9.55 Å². The Kier molecular flexibility index (Phi) is 4.05. The summed E-state index contributed by atoms with van der Waals surface area (Å²) >= 11 is 0. The highest BCUT2D eigenvalue weighted by Gasteiger charge is 2.19. The summed E-state index contributed by atoms with van der Waals surface area (Å²) in [6, 6.07) is 0.541. The van der Waals surface area contributed by atoms with Gasteiger partial charge in [0.2, 0.25) is 5.95 Å². The Morgan fingerprint density at radius 2 is 2.18 bits per heavy atom. The molecule has 1 aromatic rings. The van der Waals surface area contributed by atoms with E-state index in [1.165, 1.54) is 0 Å². The minimum Gasteiger partial charge on any atom is -0.381 e. The van der Waals surface area contributed by atoms with E-state index in [9.17, 15) is 0 Å². The van der Waals surface area contributed by atoms with Crippen LogP contribution in [0.3, 0.4) is 0 Å². The molecule has 4 heteroatoms. The van der Waals surface area contributed by atoms with Gasteiger partial charge in [0.05, 0.1) is 5.69 Å². The Bertz CT molecular complexity index is 354. The van der Waals surface area contributed by atoms with Crippen LogP contribution in [0.15, 0.2) is 6.20 Å². The molecule has 96 valence electrons. The van der Waals surface area contributed by atoms with Crippen molar-refractivity contribution in [2.24, 2.45) is 5.92 Å². The van der Waals surface area contributed by atoms with Crippen LogP contribution in [-0.4, -0.2) is 29.3 Å². The van der Waals surface area contributed by atoms with Crippen molar-refractivity contribution in [3.63, 3.8) is 0 Å². The van der Waals surface area contributed by atoms with E-state index in [0.717, 1.165) is 44.2 Å². The molecule has 0 bridgehead atoms. The summed E-state index contributed by atoms with van der Waals surface area (Å²) in [6.45, 7) is 9.18. The number of aryl methyl sites for hydroxylation is 1.